The van der Waals surface area contributed by atoms with Crippen LogP contribution < -0.4 is 17.0 Å². The number of H-pyrrole nitrogens is 1. The third-order valence-electron chi connectivity index (χ3n) is 3.65. The standard InChI is InChI=1S/C10H18N3O13P3/c1-4-3-13(10(15)12-8(4)14)9-7(6(11)5(2)23-9)24-28(19,20)26-29(21,22)25-27(16,17)18/h3,5-7,9H,11H2,1-2H3,(H,19,20)(H,21,22)(H,12,14,15)(H2,16,17,18)/t5-,6-,7?,9-/m1/s1. The zero-order valence-electron chi connectivity index (χ0n) is 14.7. The maximum atomic E-state index is 12.1. The first kappa shape index (κ1) is 24.3. The molecule has 0 aliphatic carbocycles. The number of aromatic amines is 1. The number of ether oxygens (including phenoxy) is 1. The fraction of sp³-hybridized carbons (Fsp3) is 0.600. The number of phosphoric acid groups is 3. The highest BCUT2D eigenvalue weighted by molar-refractivity contribution is 7.66. The van der Waals surface area contributed by atoms with Gasteiger partial charge in [-0.15, -0.1) is 0 Å². The molecule has 0 radical (unpaired) electrons. The van der Waals surface area contributed by atoms with Gasteiger partial charge in [0, 0.05) is 11.8 Å². The van der Waals surface area contributed by atoms with E-state index < -0.39 is 59.2 Å². The van der Waals surface area contributed by atoms with Gasteiger partial charge in [0.15, 0.2) is 6.23 Å². The molecular formula is C10H18N3O13P3. The average Bonchev–Trinajstić information content (AvgIpc) is 2.75. The predicted molar refractivity (Wildman–Crippen MR) is 92.4 cm³/mol. The minimum Gasteiger partial charge on any atom is -0.350 e. The molecule has 19 heteroatoms. The van der Waals surface area contributed by atoms with E-state index in [1.54, 1.807) is 0 Å². The number of rotatable bonds is 7. The first-order chi connectivity index (χ1) is 13.0. The third-order valence-corrected chi connectivity index (χ3v) is 7.48. The molecule has 29 heavy (non-hydrogen) atoms. The van der Waals surface area contributed by atoms with Gasteiger partial charge in [-0.25, -0.2) is 18.5 Å². The Balaban J connectivity index is 2.33. The second-order valence-electron chi connectivity index (χ2n) is 5.95. The molecule has 166 valence electrons. The molecular weight excluding hydrogens is 463 g/mol. The summed E-state index contributed by atoms with van der Waals surface area (Å²) in [5, 5.41) is 0. The summed E-state index contributed by atoms with van der Waals surface area (Å²) in [6, 6.07) is -1.16. The van der Waals surface area contributed by atoms with Gasteiger partial charge in [-0.3, -0.25) is 18.9 Å². The summed E-state index contributed by atoms with van der Waals surface area (Å²) in [4.78, 5) is 61.6. The van der Waals surface area contributed by atoms with E-state index in [0.29, 0.717) is 0 Å². The molecule has 1 aliphatic rings. The Morgan fingerprint density at radius 2 is 1.72 bits per heavy atom. The average molecular weight is 481 g/mol. The molecule has 1 aliphatic heterocycles. The lowest BCUT2D eigenvalue weighted by Gasteiger charge is -2.25. The molecule has 3 unspecified atom stereocenters. The number of hydrogen-bond acceptors (Lipinski definition) is 10. The van der Waals surface area contributed by atoms with E-state index in [9.17, 15) is 33.1 Å². The van der Waals surface area contributed by atoms with Gasteiger partial charge in [0.1, 0.15) is 6.10 Å². The lowest BCUT2D eigenvalue weighted by atomic mass is 10.1. The predicted octanol–water partition coefficient (Wildman–Crippen LogP) is -1.20. The van der Waals surface area contributed by atoms with Crippen molar-refractivity contribution < 1.29 is 51.2 Å². The molecule has 7 N–H and O–H groups in total. The third kappa shape index (κ3) is 6.25. The molecule has 1 aromatic rings. The topological polar surface area (TPSA) is 250 Å². The summed E-state index contributed by atoms with van der Waals surface area (Å²) in [6.07, 6.45) is -2.87. The van der Waals surface area contributed by atoms with Crippen LogP contribution in [0.1, 0.15) is 18.7 Å². The van der Waals surface area contributed by atoms with Gasteiger partial charge < -0.3 is 30.0 Å². The summed E-state index contributed by atoms with van der Waals surface area (Å²) in [5.74, 6) is 0. The van der Waals surface area contributed by atoms with Crippen LogP contribution in [0.25, 0.3) is 0 Å². The lowest BCUT2D eigenvalue weighted by molar-refractivity contribution is -0.0341. The molecule has 1 saturated heterocycles. The zero-order chi connectivity index (χ0) is 22.4. The first-order valence-electron chi connectivity index (χ1n) is 7.57. The van der Waals surface area contributed by atoms with E-state index in [0.717, 1.165) is 10.8 Å². The molecule has 16 nitrogen and oxygen atoms in total. The quantitative estimate of drug-likeness (QED) is 0.250. The monoisotopic (exact) mass is 481 g/mol. The molecule has 0 bridgehead atoms. The highest BCUT2D eigenvalue weighted by atomic mass is 31.3. The van der Waals surface area contributed by atoms with Gasteiger partial charge >= 0.3 is 29.2 Å². The summed E-state index contributed by atoms with van der Waals surface area (Å²) in [5.41, 5.74) is 4.26. The van der Waals surface area contributed by atoms with Crippen LogP contribution in [0, 0.1) is 6.92 Å². The Bertz CT molecular complexity index is 1030. The largest absolute Gasteiger partial charge is 0.490 e. The number of aryl methyl sites for hydroxylation is 1. The van der Waals surface area contributed by atoms with Crippen LogP contribution in [0.4, 0.5) is 0 Å². The first-order valence-corrected chi connectivity index (χ1v) is 12.1. The molecule has 1 fully saturated rings. The van der Waals surface area contributed by atoms with E-state index in [2.05, 4.69) is 8.62 Å². The van der Waals surface area contributed by atoms with Gasteiger partial charge in [-0.05, 0) is 13.8 Å². The van der Waals surface area contributed by atoms with E-state index in [4.69, 9.17) is 24.8 Å². The molecule has 0 saturated carbocycles. The number of hydrogen-bond donors (Lipinski definition) is 6. The second-order valence-corrected chi connectivity index (χ2v) is 10.3. The molecule has 0 spiro atoms. The van der Waals surface area contributed by atoms with Crippen LogP contribution in [0.3, 0.4) is 0 Å². The molecule has 1 aromatic heterocycles. The smallest absolute Gasteiger partial charge is 0.350 e. The highest BCUT2D eigenvalue weighted by Crippen LogP contribution is 2.67. The van der Waals surface area contributed by atoms with Gasteiger partial charge in [0.05, 0.1) is 12.1 Å². The Labute approximate surface area is 161 Å². The van der Waals surface area contributed by atoms with Crippen LogP contribution in [0.15, 0.2) is 15.8 Å². The highest BCUT2D eigenvalue weighted by Gasteiger charge is 2.49. The Morgan fingerprint density at radius 1 is 1.14 bits per heavy atom. The van der Waals surface area contributed by atoms with Crippen molar-refractivity contribution in [2.24, 2.45) is 5.73 Å². The van der Waals surface area contributed by atoms with Gasteiger partial charge in [-0.2, -0.15) is 8.62 Å². The minimum absolute atomic E-state index is 0.0819. The summed E-state index contributed by atoms with van der Waals surface area (Å²) in [6.45, 7) is 2.80. The van der Waals surface area contributed by atoms with Gasteiger partial charge in [0.25, 0.3) is 5.56 Å². The zero-order valence-corrected chi connectivity index (χ0v) is 17.4. The fourth-order valence-electron chi connectivity index (χ4n) is 2.42. The molecule has 6 atom stereocenters. The van der Waals surface area contributed by atoms with E-state index in [-0.39, 0.29) is 5.56 Å². The Hall–Kier alpha value is -0.990. The van der Waals surface area contributed by atoms with E-state index in [1.807, 2.05) is 4.98 Å². The molecule has 0 aromatic carbocycles. The van der Waals surface area contributed by atoms with Crippen molar-refractivity contribution in [3.8, 4) is 0 Å². The van der Waals surface area contributed by atoms with Crippen molar-refractivity contribution in [1.29, 1.82) is 0 Å². The molecule has 0 amide bonds. The van der Waals surface area contributed by atoms with Crippen LogP contribution in [-0.4, -0.2) is 47.4 Å². The Kier molecular flexibility index (Phi) is 6.92. The number of phosphoric ester groups is 1. The number of nitrogens with zero attached hydrogens (tertiary/aromatic N) is 1. The van der Waals surface area contributed by atoms with Crippen molar-refractivity contribution in [3.05, 3.63) is 32.6 Å². The van der Waals surface area contributed by atoms with E-state index in [1.165, 1.54) is 13.8 Å². The fourth-order valence-corrected chi connectivity index (χ4v) is 5.63. The van der Waals surface area contributed by atoms with Crippen molar-refractivity contribution in [3.63, 3.8) is 0 Å². The van der Waals surface area contributed by atoms with Gasteiger partial charge in [0.2, 0.25) is 0 Å². The summed E-state index contributed by atoms with van der Waals surface area (Å²) < 4.78 is 52.5. The Morgan fingerprint density at radius 3 is 2.28 bits per heavy atom. The second kappa shape index (κ2) is 8.27. The number of aromatic nitrogens is 2. The van der Waals surface area contributed by atoms with E-state index >= 15 is 0 Å². The molecule has 2 heterocycles. The summed E-state index contributed by atoms with van der Waals surface area (Å²) in [7, 11) is -16.8. The molecule has 2 rings (SSSR count). The van der Waals surface area contributed by atoms with Crippen molar-refractivity contribution in [2.75, 3.05) is 0 Å². The SMILES string of the molecule is Cc1cn([C@@H]2O[C@H](C)[C@@H](N)C2OP(=O)(O)OP(=O)(O)OP(=O)(O)O)c(=O)[nH]c1=O. The van der Waals surface area contributed by atoms with Crippen molar-refractivity contribution in [1.82, 2.24) is 9.55 Å². The maximum absolute atomic E-state index is 12.1. The minimum atomic E-state index is -5.74. The normalized spacial score (nSPS) is 29.3. The van der Waals surface area contributed by atoms with Crippen molar-refractivity contribution >= 4 is 23.5 Å². The lowest BCUT2D eigenvalue weighted by Crippen LogP contribution is -2.42. The van der Waals surface area contributed by atoms with Crippen LogP contribution in [0.2, 0.25) is 0 Å². The number of nitrogens with two attached hydrogens (primary N) is 1. The van der Waals surface area contributed by atoms with Crippen LogP contribution in [0.5, 0.6) is 0 Å². The van der Waals surface area contributed by atoms with Crippen LogP contribution in [-0.2, 0) is 31.6 Å². The summed E-state index contributed by atoms with van der Waals surface area (Å²) >= 11 is 0. The van der Waals surface area contributed by atoms with Crippen molar-refractivity contribution in [2.45, 2.75) is 38.3 Å². The van der Waals surface area contributed by atoms with Gasteiger partial charge in [-0.1, -0.05) is 0 Å². The number of nitrogens with one attached hydrogen (secondary N) is 1. The van der Waals surface area contributed by atoms with Crippen LogP contribution >= 0.6 is 23.5 Å². The maximum Gasteiger partial charge on any atom is 0.490 e.